The number of urea groups is 1. The van der Waals surface area contributed by atoms with Crippen molar-refractivity contribution in [2.45, 2.75) is 16.6 Å². The van der Waals surface area contributed by atoms with E-state index >= 15 is 0 Å². The minimum atomic E-state index is -4.67. The van der Waals surface area contributed by atoms with Crippen molar-refractivity contribution < 1.29 is 31.1 Å². The van der Waals surface area contributed by atoms with Crippen LogP contribution in [0.15, 0.2) is 41.4 Å². The van der Waals surface area contributed by atoms with Crippen LogP contribution < -0.4 is 16.2 Å². The monoisotopic (exact) mass is 397 g/mol. The van der Waals surface area contributed by atoms with Gasteiger partial charge < -0.3 is 5.32 Å². The molecule has 2 amide bonds. The van der Waals surface area contributed by atoms with Crippen LogP contribution in [-0.2, 0) is 6.18 Å². The van der Waals surface area contributed by atoms with Gasteiger partial charge in [-0.2, -0.15) is 26.3 Å². The number of amides is 2. The first kappa shape index (κ1) is 19.6. The Morgan fingerprint density at radius 1 is 1.00 bits per heavy atom. The molecule has 3 N–H and O–H groups in total. The van der Waals surface area contributed by atoms with Crippen molar-refractivity contribution >= 4 is 29.4 Å². The summed E-state index contributed by atoms with van der Waals surface area (Å²) in [6.45, 7) is 0. The zero-order chi connectivity index (χ0) is 19.4. The van der Waals surface area contributed by atoms with E-state index in [2.05, 4.69) is 20.7 Å². The Labute approximate surface area is 146 Å². The standard InChI is InChI=1S/C13H9F6N5OS/c14-12(15,16)9-5-6-20-10(22-9)23-24-11(25)21-7-1-3-8(4-2-7)26-13(17,18)19/h1-6H,(H,20,22,23)(H2,21,24,25). The van der Waals surface area contributed by atoms with Crippen molar-refractivity contribution in [1.29, 1.82) is 0 Å². The first-order valence-corrected chi connectivity index (χ1v) is 7.44. The molecule has 2 aromatic rings. The highest BCUT2D eigenvalue weighted by atomic mass is 32.2. The van der Waals surface area contributed by atoms with Crippen LogP contribution in [0.2, 0.25) is 0 Å². The summed E-state index contributed by atoms with van der Waals surface area (Å²) in [5.74, 6) is -0.494. The van der Waals surface area contributed by atoms with Gasteiger partial charge in [0.15, 0.2) is 0 Å². The molecule has 0 spiro atoms. The van der Waals surface area contributed by atoms with Crippen LogP contribution in [0, 0.1) is 0 Å². The van der Waals surface area contributed by atoms with Gasteiger partial charge in [0.25, 0.3) is 0 Å². The molecule has 0 saturated heterocycles. The number of halogens is 6. The van der Waals surface area contributed by atoms with E-state index in [1.165, 1.54) is 12.1 Å². The van der Waals surface area contributed by atoms with E-state index < -0.39 is 29.4 Å². The fourth-order valence-electron chi connectivity index (χ4n) is 1.59. The lowest BCUT2D eigenvalue weighted by Crippen LogP contribution is -2.34. The lowest BCUT2D eigenvalue weighted by atomic mass is 10.3. The van der Waals surface area contributed by atoms with Crippen LogP contribution in [0.5, 0.6) is 0 Å². The maximum Gasteiger partial charge on any atom is 0.446 e. The summed E-state index contributed by atoms with van der Waals surface area (Å²) >= 11 is -0.310. The van der Waals surface area contributed by atoms with Crippen LogP contribution in [0.4, 0.5) is 42.8 Å². The first-order valence-electron chi connectivity index (χ1n) is 6.62. The summed E-state index contributed by atoms with van der Waals surface area (Å²) < 4.78 is 74.1. The summed E-state index contributed by atoms with van der Waals surface area (Å²) in [7, 11) is 0. The Hall–Kier alpha value is -2.70. The van der Waals surface area contributed by atoms with Crippen LogP contribution in [0.1, 0.15) is 5.69 Å². The summed E-state index contributed by atoms with van der Waals surface area (Å²) in [6.07, 6.45) is -3.81. The zero-order valence-corrected chi connectivity index (χ0v) is 13.3. The number of benzene rings is 1. The largest absolute Gasteiger partial charge is 0.446 e. The predicted molar refractivity (Wildman–Crippen MR) is 81.2 cm³/mol. The van der Waals surface area contributed by atoms with Crippen LogP contribution >= 0.6 is 11.8 Å². The third-order valence-corrected chi connectivity index (χ3v) is 3.32. The number of anilines is 2. The van der Waals surface area contributed by atoms with E-state index in [-0.39, 0.29) is 22.3 Å². The molecule has 140 valence electrons. The fraction of sp³-hybridized carbons (Fsp3) is 0.154. The molecular formula is C13H9F6N5OS. The second kappa shape index (κ2) is 7.68. The third kappa shape index (κ3) is 6.31. The molecule has 0 radical (unpaired) electrons. The smallest absolute Gasteiger partial charge is 0.307 e. The molecule has 0 aliphatic carbocycles. The van der Waals surface area contributed by atoms with Crippen molar-refractivity contribution in [3.63, 3.8) is 0 Å². The minimum absolute atomic E-state index is 0.0704. The summed E-state index contributed by atoms with van der Waals surface area (Å²) in [4.78, 5) is 18.2. The molecule has 2 rings (SSSR count). The Bertz CT molecular complexity index is 765. The average molecular weight is 397 g/mol. The van der Waals surface area contributed by atoms with Crippen molar-refractivity contribution in [2.75, 3.05) is 10.7 Å². The van der Waals surface area contributed by atoms with Crippen LogP contribution in [0.3, 0.4) is 0 Å². The molecule has 0 saturated carbocycles. The topological polar surface area (TPSA) is 78.9 Å². The van der Waals surface area contributed by atoms with Gasteiger partial charge in [-0.1, -0.05) is 0 Å². The van der Waals surface area contributed by atoms with Crippen molar-refractivity contribution in [3.8, 4) is 0 Å². The van der Waals surface area contributed by atoms with Gasteiger partial charge in [-0.25, -0.2) is 20.2 Å². The number of aromatic nitrogens is 2. The van der Waals surface area contributed by atoms with E-state index in [0.717, 1.165) is 18.3 Å². The number of thioether (sulfide) groups is 1. The van der Waals surface area contributed by atoms with Gasteiger partial charge in [-0.15, -0.1) is 0 Å². The number of hydrazine groups is 1. The number of alkyl halides is 6. The van der Waals surface area contributed by atoms with E-state index in [1.54, 1.807) is 0 Å². The summed E-state index contributed by atoms with van der Waals surface area (Å²) in [5, 5.41) is 2.27. The first-order chi connectivity index (χ1) is 12.0. The van der Waals surface area contributed by atoms with Crippen molar-refractivity contribution in [3.05, 3.63) is 42.2 Å². The second-order valence-electron chi connectivity index (χ2n) is 4.54. The van der Waals surface area contributed by atoms with Gasteiger partial charge >= 0.3 is 17.7 Å². The molecule has 0 aliphatic rings. The fourth-order valence-corrected chi connectivity index (χ4v) is 2.13. The third-order valence-electron chi connectivity index (χ3n) is 2.58. The van der Waals surface area contributed by atoms with Gasteiger partial charge in [-0.3, -0.25) is 5.43 Å². The summed E-state index contributed by atoms with van der Waals surface area (Å²) in [6, 6.07) is 4.53. The molecule has 0 unspecified atom stereocenters. The molecule has 13 heteroatoms. The quantitative estimate of drug-likeness (QED) is 0.408. The van der Waals surface area contributed by atoms with Gasteiger partial charge in [0, 0.05) is 16.8 Å². The van der Waals surface area contributed by atoms with Gasteiger partial charge in [0.1, 0.15) is 5.69 Å². The van der Waals surface area contributed by atoms with E-state index in [0.29, 0.717) is 6.07 Å². The number of carbonyl (C=O) groups is 1. The van der Waals surface area contributed by atoms with Gasteiger partial charge in [-0.05, 0) is 42.1 Å². The molecule has 0 fully saturated rings. The average Bonchev–Trinajstić information content (AvgIpc) is 2.53. The molecule has 1 heterocycles. The normalized spacial score (nSPS) is 11.8. The lowest BCUT2D eigenvalue weighted by Gasteiger charge is -2.11. The number of hydrogen-bond acceptors (Lipinski definition) is 5. The maximum atomic E-state index is 12.5. The molecule has 26 heavy (non-hydrogen) atoms. The molecule has 6 nitrogen and oxygen atoms in total. The molecule has 0 aliphatic heterocycles. The van der Waals surface area contributed by atoms with E-state index in [9.17, 15) is 31.1 Å². The Morgan fingerprint density at radius 3 is 2.23 bits per heavy atom. The van der Waals surface area contributed by atoms with Gasteiger partial charge in [0.2, 0.25) is 5.95 Å². The lowest BCUT2D eigenvalue weighted by molar-refractivity contribution is -0.141. The maximum absolute atomic E-state index is 12.5. The number of hydrogen-bond donors (Lipinski definition) is 3. The number of rotatable bonds is 4. The molecule has 1 aromatic heterocycles. The van der Waals surface area contributed by atoms with Crippen molar-refractivity contribution in [2.24, 2.45) is 0 Å². The van der Waals surface area contributed by atoms with Gasteiger partial charge in [0.05, 0.1) is 0 Å². The Balaban J connectivity index is 1.89. The number of carbonyl (C=O) groups excluding carboxylic acids is 1. The molecule has 0 bridgehead atoms. The zero-order valence-electron chi connectivity index (χ0n) is 12.4. The van der Waals surface area contributed by atoms with Crippen LogP contribution in [0.25, 0.3) is 0 Å². The minimum Gasteiger partial charge on any atom is -0.307 e. The highest BCUT2D eigenvalue weighted by Gasteiger charge is 2.32. The highest BCUT2D eigenvalue weighted by Crippen LogP contribution is 2.37. The Morgan fingerprint density at radius 2 is 1.65 bits per heavy atom. The second-order valence-corrected chi connectivity index (χ2v) is 5.68. The van der Waals surface area contributed by atoms with E-state index in [1.807, 2.05) is 5.43 Å². The number of nitrogens with zero attached hydrogens (tertiary/aromatic N) is 2. The predicted octanol–water partition coefficient (Wildman–Crippen LogP) is 4.26. The van der Waals surface area contributed by atoms with E-state index in [4.69, 9.17) is 0 Å². The van der Waals surface area contributed by atoms with Crippen molar-refractivity contribution in [1.82, 2.24) is 15.4 Å². The summed E-state index contributed by atoms with van der Waals surface area (Å²) in [5.41, 5.74) is -1.38. The highest BCUT2D eigenvalue weighted by molar-refractivity contribution is 8.00. The van der Waals surface area contributed by atoms with Crippen LogP contribution in [-0.4, -0.2) is 21.5 Å². The molecular weight excluding hydrogens is 388 g/mol. The Kier molecular flexibility index (Phi) is 5.79. The molecule has 0 atom stereocenters. The SMILES string of the molecule is O=C(NNc1nccc(C(F)(F)F)n1)Nc1ccc(SC(F)(F)F)cc1. The number of nitrogens with one attached hydrogen (secondary N) is 3. The molecule has 1 aromatic carbocycles.